The summed E-state index contributed by atoms with van der Waals surface area (Å²) in [5, 5.41) is 8.55. The maximum atomic E-state index is 11.0. The number of aromatic nitrogens is 1. The second kappa shape index (κ2) is 4.96. The van der Waals surface area contributed by atoms with Crippen LogP contribution in [0.2, 0.25) is 0 Å². The number of hydrogen-bond donors (Lipinski definition) is 3. The number of hydrogen-bond acceptors (Lipinski definition) is 4. The van der Waals surface area contributed by atoms with E-state index in [2.05, 4.69) is 33.8 Å². The average molecular weight is 261 g/mol. The van der Waals surface area contributed by atoms with Gasteiger partial charge in [-0.2, -0.15) is 0 Å². The number of anilines is 1. The lowest BCUT2D eigenvalue weighted by Gasteiger charge is -2.06. The zero-order chi connectivity index (χ0) is 12.4. The Balaban J connectivity index is 1.58. The summed E-state index contributed by atoms with van der Waals surface area (Å²) in [6.45, 7) is 2.57. The Labute approximate surface area is 109 Å². The minimum absolute atomic E-state index is 0.00963. The molecule has 0 fully saturated rings. The molecule has 3 N–H and O–H groups in total. The molecule has 3 rings (SSSR count). The van der Waals surface area contributed by atoms with Crippen LogP contribution < -0.4 is 15.5 Å². The standard InChI is InChI=1S/C13H15N3OS/c17-13-16-11(8-18-13)7-14-6-9-1-2-12-10(5-9)3-4-15-12/h1-2,5,8,14-15H,3-4,6-7H2,(H,16,17). The number of thiazole rings is 1. The van der Waals surface area contributed by atoms with Crippen molar-refractivity contribution in [2.75, 3.05) is 11.9 Å². The topological polar surface area (TPSA) is 56.9 Å². The summed E-state index contributed by atoms with van der Waals surface area (Å²) < 4.78 is 0. The van der Waals surface area contributed by atoms with Crippen LogP contribution in [0.25, 0.3) is 0 Å². The van der Waals surface area contributed by atoms with Crippen molar-refractivity contribution in [3.63, 3.8) is 0 Å². The molecule has 1 aromatic carbocycles. The van der Waals surface area contributed by atoms with Crippen LogP contribution in [0.5, 0.6) is 0 Å². The lowest BCUT2D eigenvalue weighted by molar-refractivity contribution is 0.681. The molecule has 1 aromatic heterocycles. The van der Waals surface area contributed by atoms with Crippen LogP contribution in [-0.4, -0.2) is 11.5 Å². The molecule has 4 nitrogen and oxygen atoms in total. The van der Waals surface area contributed by atoms with Gasteiger partial charge in [-0.3, -0.25) is 4.79 Å². The van der Waals surface area contributed by atoms with Gasteiger partial charge in [0.1, 0.15) is 0 Å². The van der Waals surface area contributed by atoms with Gasteiger partial charge in [0.15, 0.2) is 0 Å². The molecular formula is C13H15N3OS. The van der Waals surface area contributed by atoms with Gasteiger partial charge in [-0.05, 0) is 23.6 Å². The molecule has 0 bridgehead atoms. The first kappa shape index (κ1) is 11.5. The van der Waals surface area contributed by atoms with E-state index in [9.17, 15) is 4.79 Å². The highest BCUT2D eigenvalue weighted by Gasteiger charge is 2.09. The Morgan fingerprint density at radius 2 is 2.28 bits per heavy atom. The molecule has 5 heteroatoms. The SMILES string of the molecule is O=c1[nH]c(CNCc2ccc3c(c2)CCN3)cs1. The Morgan fingerprint density at radius 1 is 1.33 bits per heavy atom. The minimum Gasteiger partial charge on any atom is -0.384 e. The molecule has 0 spiro atoms. The average Bonchev–Trinajstić information content (AvgIpc) is 2.97. The molecule has 1 aliphatic rings. The van der Waals surface area contributed by atoms with Gasteiger partial charge in [-0.25, -0.2) is 0 Å². The molecule has 0 amide bonds. The first-order valence-corrected chi connectivity index (χ1v) is 6.92. The molecule has 94 valence electrons. The number of aromatic amines is 1. The highest BCUT2D eigenvalue weighted by atomic mass is 32.1. The van der Waals surface area contributed by atoms with E-state index in [0.29, 0.717) is 6.54 Å². The molecule has 0 radical (unpaired) electrons. The van der Waals surface area contributed by atoms with Gasteiger partial charge in [-0.15, -0.1) is 0 Å². The zero-order valence-electron chi connectivity index (χ0n) is 9.95. The van der Waals surface area contributed by atoms with Crippen molar-refractivity contribution in [3.05, 3.63) is 50.1 Å². The van der Waals surface area contributed by atoms with E-state index in [1.54, 1.807) is 0 Å². The first-order valence-electron chi connectivity index (χ1n) is 6.04. The first-order chi connectivity index (χ1) is 8.81. The third-order valence-electron chi connectivity index (χ3n) is 3.09. The summed E-state index contributed by atoms with van der Waals surface area (Å²) in [7, 11) is 0. The second-order valence-electron chi connectivity index (χ2n) is 4.45. The van der Waals surface area contributed by atoms with Crippen LogP contribution in [-0.2, 0) is 19.5 Å². The molecule has 2 heterocycles. The second-order valence-corrected chi connectivity index (χ2v) is 5.29. The van der Waals surface area contributed by atoms with Crippen molar-refractivity contribution < 1.29 is 0 Å². The van der Waals surface area contributed by atoms with Crippen LogP contribution in [0.3, 0.4) is 0 Å². The maximum Gasteiger partial charge on any atom is 0.304 e. The number of rotatable bonds is 4. The van der Waals surface area contributed by atoms with Gasteiger partial charge in [0.05, 0.1) is 0 Å². The van der Waals surface area contributed by atoms with Crippen molar-refractivity contribution in [1.29, 1.82) is 0 Å². The normalized spacial score (nSPS) is 13.3. The Morgan fingerprint density at radius 3 is 3.11 bits per heavy atom. The lowest BCUT2D eigenvalue weighted by Crippen LogP contribution is -2.13. The van der Waals surface area contributed by atoms with Crippen LogP contribution in [0, 0.1) is 0 Å². The van der Waals surface area contributed by atoms with E-state index in [4.69, 9.17) is 0 Å². The summed E-state index contributed by atoms with van der Waals surface area (Å²) in [5.41, 5.74) is 4.90. The van der Waals surface area contributed by atoms with Crippen molar-refractivity contribution in [2.45, 2.75) is 19.5 Å². The van der Waals surface area contributed by atoms with Gasteiger partial charge in [0, 0.05) is 36.4 Å². The smallest absolute Gasteiger partial charge is 0.304 e. The van der Waals surface area contributed by atoms with Crippen LogP contribution in [0.1, 0.15) is 16.8 Å². The predicted octanol–water partition coefficient (Wildman–Crippen LogP) is 1.69. The third kappa shape index (κ3) is 2.47. The maximum absolute atomic E-state index is 11.0. The van der Waals surface area contributed by atoms with Gasteiger partial charge >= 0.3 is 4.87 Å². The number of nitrogens with one attached hydrogen (secondary N) is 3. The van der Waals surface area contributed by atoms with Gasteiger partial charge in [-0.1, -0.05) is 23.5 Å². The molecule has 18 heavy (non-hydrogen) atoms. The number of benzene rings is 1. The quantitative estimate of drug-likeness (QED) is 0.785. The molecule has 0 aliphatic carbocycles. The van der Waals surface area contributed by atoms with E-state index in [-0.39, 0.29) is 4.87 Å². The summed E-state index contributed by atoms with van der Waals surface area (Å²) in [4.78, 5) is 13.8. The van der Waals surface area contributed by atoms with Gasteiger partial charge in [0.2, 0.25) is 0 Å². The monoisotopic (exact) mass is 261 g/mol. The number of fused-ring (bicyclic) bond motifs is 1. The van der Waals surface area contributed by atoms with Crippen molar-refractivity contribution in [2.24, 2.45) is 0 Å². The molecular weight excluding hydrogens is 246 g/mol. The van der Waals surface area contributed by atoms with E-state index in [1.165, 1.54) is 28.2 Å². The Bertz CT molecular complexity index is 602. The van der Waals surface area contributed by atoms with Crippen molar-refractivity contribution in [3.8, 4) is 0 Å². The fourth-order valence-corrected chi connectivity index (χ4v) is 2.79. The Kier molecular flexibility index (Phi) is 3.17. The molecule has 2 aromatic rings. The summed E-state index contributed by atoms with van der Waals surface area (Å²) in [6, 6.07) is 6.53. The fraction of sp³-hybridized carbons (Fsp3) is 0.308. The largest absolute Gasteiger partial charge is 0.384 e. The highest BCUT2D eigenvalue weighted by Crippen LogP contribution is 2.22. The van der Waals surface area contributed by atoms with Crippen LogP contribution >= 0.6 is 11.3 Å². The number of H-pyrrole nitrogens is 1. The predicted molar refractivity (Wildman–Crippen MR) is 74.1 cm³/mol. The molecule has 0 unspecified atom stereocenters. The van der Waals surface area contributed by atoms with Crippen LogP contribution in [0.4, 0.5) is 5.69 Å². The summed E-state index contributed by atoms with van der Waals surface area (Å²) >= 11 is 1.21. The van der Waals surface area contributed by atoms with Crippen molar-refractivity contribution in [1.82, 2.24) is 10.3 Å². The van der Waals surface area contributed by atoms with E-state index in [0.717, 1.165) is 25.2 Å². The van der Waals surface area contributed by atoms with Crippen molar-refractivity contribution >= 4 is 17.0 Å². The van der Waals surface area contributed by atoms with Gasteiger partial charge < -0.3 is 15.6 Å². The van der Waals surface area contributed by atoms with E-state index >= 15 is 0 Å². The van der Waals surface area contributed by atoms with Gasteiger partial charge in [0.25, 0.3) is 0 Å². The van der Waals surface area contributed by atoms with E-state index < -0.39 is 0 Å². The lowest BCUT2D eigenvalue weighted by atomic mass is 10.1. The minimum atomic E-state index is 0.00963. The highest BCUT2D eigenvalue weighted by molar-refractivity contribution is 7.07. The van der Waals surface area contributed by atoms with Crippen LogP contribution in [0.15, 0.2) is 28.4 Å². The molecule has 0 atom stereocenters. The Hall–Kier alpha value is -1.59. The molecule has 0 saturated carbocycles. The molecule has 1 aliphatic heterocycles. The zero-order valence-corrected chi connectivity index (χ0v) is 10.8. The fourth-order valence-electron chi connectivity index (χ4n) is 2.21. The van der Waals surface area contributed by atoms with E-state index in [1.807, 2.05) is 5.38 Å². The summed E-state index contributed by atoms with van der Waals surface area (Å²) in [6.07, 6.45) is 1.11. The third-order valence-corrected chi connectivity index (χ3v) is 3.81. The summed E-state index contributed by atoms with van der Waals surface area (Å²) in [5.74, 6) is 0. The molecule has 0 saturated heterocycles.